The zero-order chi connectivity index (χ0) is 32.8. The van der Waals surface area contributed by atoms with E-state index in [4.69, 9.17) is 4.42 Å². The van der Waals surface area contributed by atoms with Crippen molar-refractivity contribution in [3.63, 3.8) is 0 Å². The molecule has 2 heterocycles. The van der Waals surface area contributed by atoms with Crippen molar-refractivity contribution in [1.29, 1.82) is 0 Å². The summed E-state index contributed by atoms with van der Waals surface area (Å²) in [6.07, 6.45) is 3.57. The van der Waals surface area contributed by atoms with Crippen molar-refractivity contribution in [2.75, 3.05) is 10.6 Å². The van der Waals surface area contributed by atoms with Crippen LogP contribution in [0.25, 0.3) is 27.9 Å². The molecule has 0 bridgehead atoms. The number of hydrogen-bond donors (Lipinski definition) is 3. The minimum atomic E-state index is -0.516. The van der Waals surface area contributed by atoms with Gasteiger partial charge in [-0.25, -0.2) is 0 Å². The Labute approximate surface area is 276 Å². The van der Waals surface area contributed by atoms with Crippen molar-refractivity contribution in [1.82, 2.24) is 9.88 Å². The van der Waals surface area contributed by atoms with Crippen molar-refractivity contribution in [2.45, 2.75) is 37.0 Å². The highest BCUT2D eigenvalue weighted by Crippen LogP contribution is 2.32. The van der Waals surface area contributed by atoms with Crippen molar-refractivity contribution in [3.8, 4) is 0 Å². The number of aryl methyl sites for hydroxylation is 1. The number of fused-ring (bicyclic) bond motifs is 3. The molecule has 0 aliphatic carbocycles. The number of amides is 3. The van der Waals surface area contributed by atoms with E-state index in [1.165, 1.54) is 29.6 Å². The zero-order valence-corrected chi connectivity index (χ0v) is 26.8. The molecule has 2 aromatic heterocycles. The molecular formula is C38H34N4O4S. The number of hydrogen-bond acceptors (Lipinski definition) is 5. The molecule has 6 aromatic rings. The first-order valence-corrected chi connectivity index (χ1v) is 16.3. The van der Waals surface area contributed by atoms with Crippen LogP contribution < -0.4 is 16.0 Å². The van der Waals surface area contributed by atoms with Gasteiger partial charge in [0.15, 0.2) is 0 Å². The number of carbonyl (C=O) groups excluding carboxylic acids is 3. The van der Waals surface area contributed by atoms with E-state index < -0.39 is 11.8 Å². The summed E-state index contributed by atoms with van der Waals surface area (Å²) in [6, 6.07) is 33.7. The molecule has 47 heavy (non-hydrogen) atoms. The van der Waals surface area contributed by atoms with Crippen LogP contribution in [0.5, 0.6) is 0 Å². The van der Waals surface area contributed by atoms with Crippen LogP contribution in [0.1, 0.15) is 36.4 Å². The third kappa shape index (κ3) is 7.15. The zero-order valence-electron chi connectivity index (χ0n) is 26.0. The number of nitrogens with one attached hydrogen (secondary N) is 3. The number of nitrogens with zero attached hydrogens (tertiary/aromatic N) is 1. The molecule has 8 nitrogen and oxygen atoms in total. The Bertz CT molecular complexity index is 2080. The fraction of sp³-hybridized carbons (Fsp3) is 0.132. The lowest BCUT2D eigenvalue weighted by Crippen LogP contribution is -2.30. The van der Waals surface area contributed by atoms with Crippen LogP contribution in [0.2, 0.25) is 0 Å². The molecule has 0 spiro atoms. The molecule has 6 rings (SSSR count). The molecule has 0 saturated heterocycles. The topological polar surface area (TPSA) is 105 Å². The van der Waals surface area contributed by atoms with Crippen LogP contribution in [0.4, 0.5) is 11.4 Å². The Kier molecular flexibility index (Phi) is 9.54. The highest BCUT2D eigenvalue weighted by atomic mass is 32.2. The third-order valence-electron chi connectivity index (χ3n) is 7.75. The Morgan fingerprint density at radius 3 is 2.32 bits per heavy atom. The number of anilines is 2. The number of aromatic nitrogens is 1. The van der Waals surface area contributed by atoms with Crippen molar-refractivity contribution in [3.05, 3.63) is 132 Å². The molecule has 3 amide bonds. The van der Waals surface area contributed by atoms with Crippen LogP contribution in [0.3, 0.4) is 0 Å². The van der Waals surface area contributed by atoms with E-state index in [0.717, 1.165) is 33.4 Å². The average molecular weight is 643 g/mol. The van der Waals surface area contributed by atoms with Crippen molar-refractivity contribution in [2.24, 2.45) is 0 Å². The van der Waals surface area contributed by atoms with Crippen LogP contribution >= 0.6 is 11.8 Å². The van der Waals surface area contributed by atoms with E-state index in [2.05, 4.69) is 45.6 Å². The minimum absolute atomic E-state index is 0.0247. The van der Waals surface area contributed by atoms with Crippen molar-refractivity contribution < 1.29 is 18.8 Å². The molecule has 3 N–H and O–H groups in total. The molecule has 0 radical (unpaired) electrons. The summed E-state index contributed by atoms with van der Waals surface area (Å²) in [7, 11) is 0. The Morgan fingerprint density at radius 1 is 0.787 bits per heavy atom. The van der Waals surface area contributed by atoms with Gasteiger partial charge in [-0.2, -0.15) is 0 Å². The summed E-state index contributed by atoms with van der Waals surface area (Å²) >= 11 is 1.42. The minimum Gasteiger partial charge on any atom is -0.465 e. The van der Waals surface area contributed by atoms with Gasteiger partial charge in [0.05, 0.1) is 11.5 Å². The number of para-hydroxylation sites is 1. The fourth-order valence-electron chi connectivity index (χ4n) is 5.49. The van der Waals surface area contributed by atoms with E-state index in [9.17, 15) is 14.4 Å². The second-order valence-corrected chi connectivity index (χ2v) is 12.1. The third-order valence-corrected chi connectivity index (χ3v) is 9.11. The van der Waals surface area contributed by atoms with E-state index in [1.54, 1.807) is 42.5 Å². The lowest BCUT2D eigenvalue weighted by molar-refractivity contribution is -0.116. The normalized spacial score (nSPS) is 12.2. The van der Waals surface area contributed by atoms with Gasteiger partial charge in [-0.15, -0.1) is 11.8 Å². The first-order valence-electron chi connectivity index (χ1n) is 15.4. The smallest absolute Gasteiger partial charge is 0.272 e. The van der Waals surface area contributed by atoms with Gasteiger partial charge in [-0.1, -0.05) is 49.4 Å². The first kappa shape index (κ1) is 31.4. The Hall–Kier alpha value is -5.54. The second-order valence-electron chi connectivity index (χ2n) is 10.9. The number of furan rings is 1. The Morgan fingerprint density at radius 2 is 1.55 bits per heavy atom. The van der Waals surface area contributed by atoms with Gasteiger partial charge < -0.3 is 24.9 Å². The monoisotopic (exact) mass is 642 g/mol. The van der Waals surface area contributed by atoms with Crippen LogP contribution in [0.15, 0.2) is 130 Å². The van der Waals surface area contributed by atoms with Gasteiger partial charge in [0.2, 0.25) is 5.91 Å². The van der Waals surface area contributed by atoms with Gasteiger partial charge in [-0.3, -0.25) is 14.4 Å². The molecule has 236 valence electrons. The standard InChI is InChI=1S/C38H34N4O4S/c1-3-35(38(45)40-27-19-20-34-31(23-27)30-17-8-9-18-33(30)42(34)4-2)47-29-16-10-14-26(22-29)39-37(44)32(24-28-15-11-21-46-28)41-36(43)25-12-6-5-7-13-25/h5-24,35H,3-4H2,1-2H3,(H,39,44)(H,40,45)(H,41,43)/b32-24-. The number of thioether (sulfide) groups is 1. The number of carbonyl (C=O) groups is 3. The molecule has 0 aliphatic rings. The quantitative estimate of drug-likeness (QED) is 0.0974. The second kappa shape index (κ2) is 14.3. The number of benzene rings is 4. The van der Waals surface area contributed by atoms with Gasteiger partial charge in [0.25, 0.3) is 11.8 Å². The summed E-state index contributed by atoms with van der Waals surface area (Å²) in [5, 5.41) is 10.6. The maximum Gasteiger partial charge on any atom is 0.272 e. The summed E-state index contributed by atoms with van der Waals surface area (Å²) in [6.45, 7) is 4.96. The van der Waals surface area contributed by atoms with Crippen molar-refractivity contribution >= 4 is 68.7 Å². The maximum absolute atomic E-state index is 13.5. The molecule has 0 aliphatic heterocycles. The summed E-state index contributed by atoms with van der Waals surface area (Å²) < 4.78 is 7.67. The molecule has 1 unspecified atom stereocenters. The van der Waals surface area contributed by atoms with Crippen LogP contribution in [-0.2, 0) is 16.1 Å². The molecule has 4 aromatic carbocycles. The molecule has 0 saturated carbocycles. The first-order chi connectivity index (χ1) is 22.9. The van der Waals surface area contributed by atoms with E-state index >= 15 is 0 Å². The van der Waals surface area contributed by atoms with Gasteiger partial charge >= 0.3 is 0 Å². The lowest BCUT2D eigenvalue weighted by atomic mass is 10.1. The van der Waals surface area contributed by atoms with E-state index in [1.807, 2.05) is 55.5 Å². The van der Waals surface area contributed by atoms with Gasteiger partial charge in [0.1, 0.15) is 11.5 Å². The van der Waals surface area contributed by atoms with Gasteiger partial charge in [0, 0.05) is 56.3 Å². The predicted molar refractivity (Wildman–Crippen MR) is 189 cm³/mol. The maximum atomic E-state index is 13.5. The Balaban J connectivity index is 1.16. The van der Waals surface area contributed by atoms with Crippen LogP contribution in [0, 0.1) is 0 Å². The highest BCUT2D eigenvalue weighted by molar-refractivity contribution is 8.00. The summed E-state index contributed by atoms with van der Waals surface area (Å²) in [5.41, 5.74) is 4.01. The molecule has 0 fully saturated rings. The van der Waals surface area contributed by atoms with E-state index in [0.29, 0.717) is 23.4 Å². The average Bonchev–Trinajstić information content (AvgIpc) is 3.73. The SMILES string of the molecule is CCC(Sc1cccc(NC(=O)/C(=C/c2ccco2)NC(=O)c2ccccc2)c1)C(=O)Nc1ccc2c(c1)c1ccccc1n2CC. The van der Waals surface area contributed by atoms with Crippen LogP contribution in [-0.4, -0.2) is 27.5 Å². The highest BCUT2D eigenvalue weighted by Gasteiger charge is 2.20. The molecule has 1 atom stereocenters. The van der Waals surface area contributed by atoms with E-state index in [-0.39, 0.29) is 16.9 Å². The molecular weight excluding hydrogens is 609 g/mol. The largest absolute Gasteiger partial charge is 0.465 e. The number of rotatable bonds is 11. The van der Waals surface area contributed by atoms with Gasteiger partial charge in [-0.05, 0) is 80.1 Å². The predicted octanol–water partition coefficient (Wildman–Crippen LogP) is 8.33. The molecule has 9 heteroatoms. The summed E-state index contributed by atoms with van der Waals surface area (Å²) in [5.74, 6) is -0.620. The fourth-order valence-corrected chi connectivity index (χ4v) is 6.50. The summed E-state index contributed by atoms with van der Waals surface area (Å²) in [4.78, 5) is 40.6. The lowest BCUT2D eigenvalue weighted by Gasteiger charge is -2.16.